The van der Waals surface area contributed by atoms with Crippen molar-refractivity contribution in [2.24, 2.45) is 0 Å². The number of alkyl halides is 1. The second-order valence-electron chi connectivity index (χ2n) is 3.45. The molecule has 0 saturated carbocycles. The first-order chi connectivity index (χ1) is 6.59. The van der Waals surface area contributed by atoms with E-state index >= 15 is 0 Å². The molecule has 0 saturated heterocycles. The number of nitrogens with zero attached hydrogens (tertiary/aromatic N) is 1. The number of allylic oxidation sites excluding steroid dienone is 1. The third-order valence-corrected chi connectivity index (χ3v) is 2.25. The van der Waals surface area contributed by atoms with E-state index in [9.17, 15) is 0 Å². The molecule has 1 aromatic heterocycles. The minimum absolute atomic E-state index is 0.229. The molecular formula is C11H16ClNO. The van der Waals surface area contributed by atoms with Crippen LogP contribution in [0.25, 0.3) is 6.08 Å². The van der Waals surface area contributed by atoms with E-state index in [1.54, 1.807) is 0 Å². The van der Waals surface area contributed by atoms with Crippen molar-refractivity contribution in [1.82, 2.24) is 4.98 Å². The van der Waals surface area contributed by atoms with Crippen LogP contribution in [0.2, 0.25) is 0 Å². The van der Waals surface area contributed by atoms with Crippen LogP contribution < -0.4 is 0 Å². The van der Waals surface area contributed by atoms with Crippen molar-refractivity contribution in [1.29, 1.82) is 0 Å². The van der Waals surface area contributed by atoms with Crippen LogP contribution in [0, 0.1) is 13.8 Å². The Morgan fingerprint density at radius 3 is 2.71 bits per heavy atom. The number of aromatic nitrogens is 1. The minimum atomic E-state index is 0.229. The van der Waals surface area contributed by atoms with Gasteiger partial charge in [0.1, 0.15) is 5.76 Å². The molecule has 0 amide bonds. The van der Waals surface area contributed by atoms with Crippen LogP contribution in [0.1, 0.15) is 37.1 Å². The first kappa shape index (κ1) is 11.3. The molecule has 78 valence electrons. The Labute approximate surface area is 90.0 Å². The van der Waals surface area contributed by atoms with Gasteiger partial charge in [0.15, 0.2) is 0 Å². The van der Waals surface area contributed by atoms with Gasteiger partial charge in [0.2, 0.25) is 5.89 Å². The Kier molecular flexibility index (Phi) is 4.21. The summed E-state index contributed by atoms with van der Waals surface area (Å²) in [6, 6.07) is 0. The van der Waals surface area contributed by atoms with Gasteiger partial charge in [0.05, 0.1) is 5.69 Å². The molecule has 0 radical (unpaired) electrons. The fraction of sp³-hybridized carbons (Fsp3) is 0.545. The van der Waals surface area contributed by atoms with E-state index in [2.05, 4.69) is 4.98 Å². The van der Waals surface area contributed by atoms with Crippen molar-refractivity contribution in [2.75, 3.05) is 0 Å². The zero-order valence-electron chi connectivity index (χ0n) is 8.88. The molecule has 1 aromatic rings. The summed E-state index contributed by atoms with van der Waals surface area (Å²) in [5.74, 6) is 1.57. The van der Waals surface area contributed by atoms with Crippen molar-refractivity contribution in [3.8, 4) is 0 Å². The van der Waals surface area contributed by atoms with Crippen molar-refractivity contribution < 1.29 is 4.42 Å². The summed E-state index contributed by atoms with van der Waals surface area (Å²) in [4.78, 5) is 4.24. The van der Waals surface area contributed by atoms with Gasteiger partial charge in [-0.25, -0.2) is 4.98 Å². The molecule has 0 N–H and O–H groups in total. The van der Waals surface area contributed by atoms with E-state index in [0.717, 1.165) is 24.3 Å². The first-order valence-corrected chi connectivity index (χ1v) is 5.28. The molecular weight excluding hydrogens is 198 g/mol. The van der Waals surface area contributed by atoms with Gasteiger partial charge in [-0.3, -0.25) is 0 Å². The van der Waals surface area contributed by atoms with Crippen LogP contribution in [0.15, 0.2) is 10.5 Å². The summed E-state index contributed by atoms with van der Waals surface area (Å²) in [6.07, 6.45) is 5.89. The van der Waals surface area contributed by atoms with Gasteiger partial charge in [-0.15, -0.1) is 11.6 Å². The monoisotopic (exact) mass is 213 g/mol. The average Bonchev–Trinajstić information content (AvgIpc) is 2.40. The molecule has 1 atom stereocenters. The van der Waals surface area contributed by atoms with Gasteiger partial charge in [-0.05, 0) is 39.7 Å². The maximum atomic E-state index is 5.82. The number of hydrogen-bond acceptors (Lipinski definition) is 2. The normalized spacial score (nSPS) is 13.7. The van der Waals surface area contributed by atoms with Crippen LogP contribution in [-0.2, 0) is 0 Å². The summed E-state index contributed by atoms with van der Waals surface area (Å²) in [7, 11) is 0. The Morgan fingerprint density at radius 2 is 2.21 bits per heavy atom. The molecule has 0 fully saturated rings. The molecule has 2 nitrogen and oxygen atoms in total. The van der Waals surface area contributed by atoms with Crippen molar-refractivity contribution in [2.45, 2.75) is 39.0 Å². The standard InChI is InChI=1S/C11H16ClNO/c1-8(12)6-4-5-7-11-13-9(2)10(3)14-11/h5,7-8H,4,6H2,1-3H3/b7-5+. The highest BCUT2D eigenvalue weighted by molar-refractivity contribution is 6.20. The second-order valence-corrected chi connectivity index (χ2v) is 4.20. The van der Waals surface area contributed by atoms with Crippen LogP contribution >= 0.6 is 11.6 Å². The number of rotatable bonds is 4. The molecule has 0 aromatic carbocycles. The number of oxazole rings is 1. The highest BCUT2D eigenvalue weighted by Crippen LogP contribution is 2.11. The largest absolute Gasteiger partial charge is 0.442 e. The van der Waals surface area contributed by atoms with E-state index in [-0.39, 0.29) is 5.38 Å². The van der Waals surface area contributed by atoms with Gasteiger partial charge in [0.25, 0.3) is 0 Å². The van der Waals surface area contributed by atoms with Gasteiger partial charge >= 0.3 is 0 Å². The molecule has 0 bridgehead atoms. The van der Waals surface area contributed by atoms with Gasteiger partial charge in [0, 0.05) is 5.38 Å². The fourth-order valence-corrected chi connectivity index (χ4v) is 1.20. The summed E-state index contributed by atoms with van der Waals surface area (Å²) >= 11 is 5.82. The first-order valence-electron chi connectivity index (χ1n) is 4.84. The van der Waals surface area contributed by atoms with E-state index in [4.69, 9.17) is 16.0 Å². The fourth-order valence-electron chi connectivity index (χ4n) is 1.08. The van der Waals surface area contributed by atoms with E-state index in [1.807, 2.05) is 32.9 Å². The molecule has 0 aliphatic heterocycles. The summed E-state index contributed by atoms with van der Waals surface area (Å²) in [6.45, 7) is 5.85. The SMILES string of the molecule is Cc1nc(/C=C/CCC(C)Cl)oc1C. The molecule has 0 aliphatic rings. The quantitative estimate of drug-likeness (QED) is 0.713. The van der Waals surface area contributed by atoms with Crippen LogP contribution in [0.4, 0.5) is 0 Å². The van der Waals surface area contributed by atoms with Crippen molar-refractivity contribution in [3.05, 3.63) is 23.4 Å². The highest BCUT2D eigenvalue weighted by atomic mass is 35.5. The van der Waals surface area contributed by atoms with Gasteiger partial charge in [-0.2, -0.15) is 0 Å². The summed E-state index contributed by atoms with van der Waals surface area (Å²) < 4.78 is 5.39. The van der Waals surface area contributed by atoms with Crippen LogP contribution in [-0.4, -0.2) is 10.4 Å². The Bertz CT molecular complexity index is 296. The second kappa shape index (κ2) is 5.20. The smallest absolute Gasteiger partial charge is 0.218 e. The molecule has 3 heteroatoms. The Balaban J connectivity index is 2.44. The maximum absolute atomic E-state index is 5.82. The van der Waals surface area contributed by atoms with Gasteiger partial charge < -0.3 is 4.42 Å². The molecule has 1 heterocycles. The summed E-state index contributed by atoms with van der Waals surface area (Å²) in [5, 5.41) is 0.229. The molecule has 0 aliphatic carbocycles. The topological polar surface area (TPSA) is 26.0 Å². The van der Waals surface area contributed by atoms with E-state index in [0.29, 0.717) is 5.89 Å². The lowest BCUT2D eigenvalue weighted by molar-refractivity contribution is 0.515. The Morgan fingerprint density at radius 1 is 1.50 bits per heavy atom. The third kappa shape index (κ3) is 3.54. The van der Waals surface area contributed by atoms with E-state index < -0.39 is 0 Å². The molecule has 1 rings (SSSR count). The molecule has 1 unspecified atom stereocenters. The lowest BCUT2D eigenvalue weighted by Gasteiger charge is -1.95. The van der Waals surface area contributed by atoms with Crippen molar-refractivity contribution in [3.63, 3.8) is 0 Å². The predicted octanol–water partition coefficient (Wildman–Crippen LogP) is 3.71. The van der Waals surface area contributed by atoms with Crippen molar-refractivity contribution >= 4 is 17.7 Å². The number of halogens is 1. The van der Waals surface area contributed by atoms with Crippen LogP contribution in [0.5, 0.6) is 0 Å². The number of hydrogen-bond donors (Lipinski definition) is 0. The zero-order chi connectivity index (χ0) is 10.6. The van der Waals surface area contributed by atoms with E-state index in [1.165, 1.54) is 0 Å². The van der Waals surface area contributed by atoms with Crippen LogP contribution in [0.3, 0.4) is 0 Å². The highest BCUT2D eigenvalue weighted by Gasteiger charge is 2.01. The number of aryl methyl sites for hydroxylation is 2. The lowest BCUT2D eigenvalue weighted by atomic mass is 10.2. The Hall–Kier alpha value is -0.760. The average molecular weight is 214 g/mol. The maximum Gasteiger partial charge on any atom is 0.218 e. The van der Waals surface area contributed by atoms with Gasteiger partial charge in [-0.1, -0.05) is 6.08 Å². The zero-order valence-corrected chi connectivity index (χ0v) is 9.64. The third-order valence-electron chi connectivity index (χ3n) is 2.04. The molecule has 0 spiro atoms. The summed E-state index contributed by atoms with van der Waals surface area (Å²) in [5.41, 5.74) is 0.954. The molecule has 14 heavy (non-hydrogen) atoms. The lowest BCUT2D eigenvalue weighted by Crippen LogP contribution is -1.87. The minimum Gasteiger partial charge on any atom is -0.442 e. The predicted molar refractivity (Wildman–Crippen MR) is 59.6 cm³/mol.